The molecule has 0 saturated heterocycles. The van der Waals surface area contributed by atoms with E-state index in [9.17, 15) is 0 Å². The summed E-state index contributed by atoms with van der Waals surface area (Å²) in [5.41, 5.74) is 2.30. The third kappa shape index (κ3) is 4.67. The summed E-state index contributed by atoms with van der Waals surface area (Å²) in [4.78, 5) is 4.30. The van der Waals surface area contributed by atoms with Gasteiger partial charge in [0.15, 0.2) is 0 Å². The fourth-order valence-corrected chi connectivity index (χ4v) is 1.74. The zero-order valence-electron chi connectivity index (χ0n) is 10.2. The van der Waals surface area contributed by atoms with Crippen LogP contribution in [0.2, 0.25) is 0 Å². The van der Waals surface area contributed by atoms with Gasteiger partial charge in [-0.2, -0.15) is 0 Å². The van der Waals surface area contributed by atoms with E-state index < -0.39 is 0 Å². The number of aromatic nitrogens is 1. The molecule has 2 nitrogen and oxygen atoms in total. The Balaban J connectivity index is 2.54. The average Bonchev–Trinajstić information content (AvgIpc) is 2.14. The van der Waals surface area contributed by atoms with Crippen LogP contribution >= 0.6 is 11.9 Å². The Morgan fingerprint density at radius 1 is 1.33 bits per heavy atom. The Kier molecular flexibility index (Phi) is 4.17. The van der Waals surface area contributed by atoms with Crippen molar-refractivity contribution in [2.24, 2.45) is 0 Å². The number of aryl methyl sites for hydroxylation is 1. The Labute approximate surface area is 97.0 Å². The number of nitrogens with one attached hydrogen (secondary N) is 1. The molecule has 0 aromatic carbocycles. The zero-order valence-corrected chi connectivity index (χ0v) is 11.0. The molecule has 0 aliphatic heterocycles. The van der Waals surface area contributed by atoms with Crippen LogP contribution < -0.4 is 4.72 Å². The lowest BCUT2D eigenvalue weighted by atomic mass is 10.1. The fourth-order valence-electron chi connectivity index (χ4n) is 1.07. The van der Waals surface area contributed by atoms with E-state index in [0.717, 1.165) is 5.69 Å². The molecule has 84 valence electrons. The van der Waals surface area contributed by atoms with Crippen molar-refractivity contribution in [1.82, 2.24) is 9.71 Å². The van der Waals surface area contributed by atoms with Crippen LogP contribution in [-0.4, -0.2) is 9.73 Å². The molecule has 1 atom stereocenters. The van der Waals surface area contributed by atoms with E-state index in [0.29, 0.717) is 6.04 Å². The van der Waals surface area contributed by atoms with E-state index in [1.165, 1.54) is 5.56 Å². The minimum Gasteiger partial charge on any atom is -0.261 e. The first kappa shape index (κ1) is 12.5. The van der Waals surface area contributed by atoms with Crippen molar-refractivity contribution in [3.8, 4) is 0 Å². The molecule has 1 heterocycles. The second kappa shape index (κ2) is 4.99. The van der Waals surface area contributed by atoms with E-state index in [2.05, 4.69) is 49.5 Å². The van der Waals surface area contributed by atoms with Gasteiger partial charge in [-0.3, -0.25) is 9.71 Å². The van der Waals surface area contributed by atoms with E-state index >= 15 is 0 Å². The largest absolute Gasteiger partial charge is 0.261 e. The summed E-state index contributed by atoms with van der Waals surface area (Å²) in [6.07, 6.45) is 1.94. The highest BCUT2D eigenvalue weighted by atomic mass is 32.2. The normalized spacial score (nSPS) is 13.9. The average molecular weight is 224 g/mol. The molecule has 0 amide bonds. The Hall–Kier alpha value is -0.540. The smallest absolute Gasteiger partial charge is 0.0408 e. The predicted molar refractivity (Wildman–Crippen MR) is 67.9 cm³/mol. The first-order valence-electron chi connectivity index (χ1n) is 5.24. The number of hydrogen-bond donors (Lipinski definition) is 1. The molecule has 0 fully saturated rings. The monoisotopic (exact) mass is 224 g/mol. The second-order valence-electron chi connectivity index (χ2n) is 4.79. The highest BCUT2D eigenvalue weighted by molar-refractivity contribution is 7.98. The molecule has 3 heteroatoms. The van der Waals surface area contributed by atoms with Crippen molar-refractivity contribution >= 4 is 11.9 Å². The van der Waals surface area contributed by atoms with Gasteiger partial charge in [-0.15, -0.1) is 0 Å². The molecule has 0 aliphatic carbocycles. The van der Waals surface area contributed by atoms with Gasteiger partial charge in [-0.05, 0) is 46.2 Å². The van der Waals surface area contributed by atoms with Gasteiger partial charge in [-0.1, -0.05) is 18.0 Å². The Morgan fingerprint density at radius 3 is 2.47 bits per heavy atom. The van der Waals surface area contributed by atoms with Gasteiger partial charge in [0.05, 0.1) is 0 Å². The summed E-state index contributed by atoms with van der Waals surface area (Å²) in [6, 6.07) is 4.51. The standard InChI is InChI=1S/C12H20N2S/c1-9-6-7-11(8-13-9)10(2)14-15-12(3,4)5/h6-8,10,14H,1-5H3. The summed E-state index contributed by atoms with van der Waals surface area (Å²) in [5, 5.41) is 0. The molecule has 1 aromatic rings. The second-order valence-corrected chi connectivity index (χ2v) is 6.45. The first-order valence-corrected chi connectivity index (χ1v) is 6.06. The van der Waals surface area contributed by atoms with Crippen LogP contribution in [0.15, 0.2) is 18.3 Å². The molecular formula is C12H20N2S. The van der Waals surface area contributed by atoms with Crippen molar-refractivity contribution in [3.05, 3.63) is 29.6 Å². The highest BCUT2D eigenvalue weighted by Crippen LogP contribution is 2.24. The summed E-state index contributed by atoms with van der Waals surface area (Å²) >= 11 is 1.76. The maximum Gasteiger partial charge on any atom is 0.0408 e. The van der Waals surface area contributed by atoms with Crippen LogP contribution in [0.5, 0.6) is 0 Å². The maximum absolute atomic E-state index is 4.30. The van der Waals surface area contributed by atoms with E-state index in [-0.39, 0.29) is 4.75 Å². The van der Waals surface area contributed by atoms with Gasteiger partial charge >= 0.3 is 0 Å². The fraction of sp³-hybridized carbons (Fsp3) is 0.583. The summed E-state index contributed by atoms with van der Waals surface area (Å²) in [5.74, 6) is 0. The molecule has 1 rings (SSSR count). The lowest BCUT2D eigenvalue weighted by Crippen LogP contribution is -2.19. The topological polar surface area (TPSA) is 24.9 Å². The van der Waals surface area contributed by atoms with Crippen LogP contribution in [0, 0.1) is 6.92 Å². The van der Waals surface area contributed by atoms with Crippen molar-refractivity contribution in [2.45, 2.75) is 45.4 Å². The summed E-state index contributed by atoms with van der Waals surface area (Å²) < 4.78 is 3.68. The van der Waals surface area contributed by atoms with Crippen LogP contribution in [0.3, 0.4) is 0 Å². The molecule has 1 N–H and O–H groups in total. The van der Waals surface area contributed by atoms with Gasteiger partial charge in [-0.25, -0.2) is 0 Å². The Bertz CT molecular complexity index is 300. The summed E-state index contributed by atoms with van der Waals surface area (Å²) in [7, 11) is 0. The molecule has 1 unspecified atom stereocenters. The quantitative estimate of drug-likeness (QED) is 0.796. The molecule has 1 aromatic heterocycles. The van der Waals surface area contributed by atoms with E-state index in [1.54, 1.807) is 11.9 Å². The van der Waals surface area contributed by atoms with Gasteiger partial charge in [0.1, 0.15) is 0 Å². The van der Waals surface area contributed by atoms with Crippen molar-refractivity contribution in [2.75, 3.05) is 0 Å². The number of hydrogen-bond acceptors (Lipinski definition) is 3. The molecule has 0 radical (unpaired) electrons. The van der Waals surface area contributed by atoms with E-state index in [4.69, 9.17) is 0 Å². The van der Waals surface area contributed by atoms with Crippen LogP contribution in [0.1, 0.15) is 45.0 Å². The molecule has 0 saturated carbocycles. The van der Waals surface area contributed by atoms with Crippen molar-refractivity contribution < 1.29 is 0 Å². The number of pyridine rings is 1. The maximum atomic E-state index is 4.30. The lowest BCUT2D eigenvalue weighted by Gasteiger charge is -2.21. The van der Waals surface area contributed by atoms with E-state index in [1.807, 2.05) is 13.1 Å². The lowest BCUT2D eigenvalue weighted by molar-refractivity contribution is 0.720. The molecular weight excluding hydrogens is 204 g/mol. The van der Waals surface area contributed by atoms with Crippen LogP contribution in [0.25, 0.3) is 0 Å². The Morgan fingerprint density at radius 2 is 2.00 bits per heavy atom. The van der Waals surface area contributed by atoms with Crippen molar-refractivity contribution in [1.29, 1.82) is 0 Å². The molecule has 0 spiro atoms. The van der Waals surface area contributed by atoms with Crippen LogP contribution in [0.4, 0.5) is 0 Å². The highest BCUT2D eigenvalue weighted by Gasteiger charge is 2.13. The molecule has 0 aliphatic rings. The predicted octanol–water partition coefficient (Wildman–Crippen LogP) is 3.49. The zero-order chi connectivity index (χ0) is 11.5. The minimum absolute atomic E-state index is 0.242. The van der Waals surface area contributed by atoms with Gasteiger partial charge in [0, 0.05) is 22.7 Å². The third-order valence-electron chi connectivity index (χ3n) is 1.98. The van der Waals surface area contributed by atoms with Crippen molar-refractivity contribution in [3.63, 3.8) is 0 Å². The molecule has 15 heavy (non-hydrogen) atoms. The number of nitrogens with zero attached hydrogens (tertiary/aromatic N) is 1. The number of rotatable bonds is 3. The first-order chi connectivity index (χ1) is 6.88. The van der Waals surface area contributed by atoms with Gasteiger partial charge < -0.3 is 0 Å². The van der Waals surface area contributed by atoms with Crippen LogP contribution in [-0.2, 0) is 0 Å². The van der Waals surface area contributed by atoms with Gasteiger partial charge in [0.2, 0.25) is 0 Å². The SMILES string of the molecule is Cc1ccc(C(C)NSC(C)(C)C)cn1. The van der Waals surface area contributed by atoms with Gasteiger partial charge in [0.25, 0.3) is 0 Å². The molecule has 0 bridgehead atoms. The minimum atomic E-state index is 0.242. The third-order valence-corrected chi connectivity index (χ3v) is 3.06. The summed E-state index contributed by atoms with van der Waals surface area (Å²) in [6.45, 7) is 10.8.